The summed E-state index contributed by atoms with van der Waals surface area (Å²) in [5.74, 6) is -0.370. The van der Waals surface area contributed by atoms with Gasteiger partial charge >= 0.3 is 5.97 Å². The number of rotatable bonds is 3. The summed E-state index contributed by atoms with van der Waals surface area (Å²) in [7, 11) is 2.18. The minimum Gasteiger partial charge on any atom is -0.477 e. The van der Waals surface area contributed by atoms with Crippen LogP contribution >= 0.6 is 0 Å². The van der Waals surface area contributed by atoms with E-state index < -0.39 is 5.97 Å². The molecule has 3 rings (SSSR count). The van der Waals surface area contributed by atoms with E-state index in [1.165, 1.54) is 31.4 Å². The van der Waals surface area contributed by atoms with E-state index in [4.69, 9.17) is 5.11 Å². The predicted molar refractivity (Wildman–Crippen MR) is 85.1 cm³/mol. The van der Waals surface area contributed by atoms with Gasteiger partial charge < -0.3 is 10.0 Å². The molecule has 1 fully saturated rings. The van der Waals surface area contributed by atoms with Crippen LogP contribution in [0.5, 0.6) is 0 Å². The zero-order chi connectivity index (χ0) is 15.5. The van der Waals surface area contributed by atoms with Crippen molar-refractivity contribution in [3.05, 3.63) is 41.6 Å². The molecule has 1 unspecified atom stereocenters. The maximum atomic E-state index is 10.9. The van der Waals surface area contributed by atoms with Gasteiger partial charge in [0.25, 0.3) is 0 Å². The monoisotopic (exact) mass is 299 g/mol. The number of hydrogen-bond acceptors (Lipinski definition) is 3. The number of carboxylic acid groups (broad SMARTS) is 1. The number of nitrogens with zero attached hydrogens (tertiary/aromatic N) is 2. The summed E-state index contributed by atoms with van der Waals surface area (Å²) in [5, 5.41) is 15.5. The molecule has 1 saturated heterocycles. The normalized spacial score (nSPS) is 19.8. The Kier molecular flexibility index (Phi) is 4.24. The lowest BCUT2D eigenvalue weighted by Crippen LogP contribution is -2.18. The molecule has 1 aromatic heterocycles. The Labute approximate surface area is 130 Å². The third-order valence-corrected chi connectivity index (χ3v) is 4.44. The van der Waals surface area contributed by atoms with Crippen LogP contribution in [0.2, 0.25) is 0 Å². The van der Waals surface area contributed by atoms with E-state index in [9.17, 15) is 4.79 Å². The van der Waals surface area contributed by atoms with Crippen molar-refractivity contribution >= 4 is 5.97 Å². The van der Waals surface area contributed by atoms with E-state index in [1.807, 2.05) is 12.1 Å². The molecular formula is C17H21N3O2. The number of likely N-dealkylation sites (tertiary alicyclic amines) is 1. The van der Waals surface area contributed by atoms with Crippen LogP contribution in [-0.4, -0.2) is 46.3 Å². The molecule has 0 saturated carbocycles. The first-order valence-electron chi connectivity index (χ1n) is 7.71. The van der Waals surface area contributed by atoms with Gasteiger partial charge in [-0.05, 0) is 56.9 Å². The number of benzene rings is 1. The molecule has 1 aliphatic heterocycles. The number of nitrogens with one attached hydrogen (secondary N) is 1. The lowest BCUT2D eigenvalue weighted by molar-refractivity contribution is 0.0690. The first-order valence-corrected chi connectivity index (χ1v) is 7.71. The van der Waals surface area contributed by atoms with Crippen molar-refractivity contribution in [1.82, 2.24) is 15.1 Å². The van der Waals surface area contributed by atoms with Crippen molar-refractivity contribution in [3.63, 3.8) is 0 Å². The summed E-state index contributed by atoms with van der Waals surface area (Å²) >= 11 is 0. The van der Waals surface area contributed by atoms with Gasteiger partial charge in [0.05, 0.1) is 5.69 Å². The quantitative estimate of drug-likeness (QED) is 0.914. The molecule has 0 spiro atoms. The average Bonchev–Trinajstić information content (AvgIpc) is 2.92. The number of aromatic amines is 1. The standard InChI is InChI=1S/C17H21N3O2/c1-20-9-2-3-12(8-10-20)13-4-6-14(7-5-13)15-11-16(17(21)22)19-18-15/h4-7,11-12H,2-3,8-10H2,1H3,(H,18,19)(H,21,22). The van der Waals surface area contributed by atoms with Gasteiger partial charge in [-0.3, -0.25) is 5.10 Å². The van der Waals surface area contributed by atoms with Crippen LogP contribution < -0.4 is 0 Å². The highest BCUT2D eigenvalue weighted by Gasteiger charge is 2.17. The van der Waals surface area contributed by atoms with Gasteiger partial charge in [0, 0.05) is 5.56 Å². The minimum atomic E-state index is -0.988. The summed E-state index contributed by atoms with van der Waals surface area (Å²) in [6, 6.07) is 9.94. The molecule has 5 nitrogen and oxygen atoms in total. The molecule has 5 heteroatoms. The van der Waals surface area contributed by atoms with Gasteiger partial charge in [0.1, 0.15) is 5.69 Å². The Balaban J connectivity index is 1.75. The molecule has 2 aromatic rings. The Bertz CT molecular complexity index is 648. The second kappa shape index (κ2) is 6.32. The molecule has 1 atom stereocenters. The van der Waals surface area contributed by atoms with Crippen molar-refractivity contribution in [2.45, 2.75) is 25.2 Å². The molecule has 22 heavy (non-hydrogen) atoms. The molecular weight excluding hydrogens is 278 g/mol. The fourth-order valence-corrected chi connectivity index (χ4v) is 3.08. The highest BCUT2D eigenvalue weighted by molar-refractivity contribution is 5.86. The zero-order valence-electron chi connectivity index (χ0n) is 12.7. The second-order valence-corrected chi connectivity index (χ2v) is 6.03. The van der Waals surface area contributed by atoms with E-state index in [1.54, 1.807) is 6.07 Å². The molecule has 2 N–H and O–H groups in total. The second-order valence-electron chi connectivity index (χ2n) is 6.03. The summed E-state index contributed by atoms with van der Waals surface area (Å²) in [6.45, 7) is 2.33. The number of carboxylic acids is 1. The number of carbonyl (C=O) groups is 1. The number of aromatic nitrogens is 2. The first-order chi connectivity index (χ1) is 10.6. The average molecular weight is 299 g/mol. The summed E-state index contributed by atoms with van der Waals surface area (Å²) in [6.07, 6.45) is 3.67. The van der Waals surface area contributed by atoms with E-state index >= 15 is 0 Å². The maximum Gasteiger partial charge on any atom is 0.353 e. The summed E-state index contributed by atoms with van der Waals surface area (Å²) in [4.78, 5) is 13.3. The van der Waals surface area contributed by atoms with Crippen LogP contribution in [-0.2, 0) is 0 Å². The minimum absolute atomic E-state index is 0.117. The van der Waals surface area contributed by atoms with Crippen LogP contribution in [0.25, 0.3) is 11.3 Å². The summed E-state index contributed by atoms with van der Waals surface area (Å²) < 4.78 is 0. The van der Waals surface area contributed by atoms with Gasteiger partial charge in [-0.1, -0.05) is 24.3 Å². The summed E-state index contributed by atoms with van der Waals surface area (Å²) in [5.41, 5.74) is 3.10. The largest absolute Gasteiger partial charge is 0.477 e. The number of aromatic carboxylic acids is 1. The Hall–Kier alpha value is -2.14. The molecule has 0 aliphatic carbocycles. The van der Waals surface area contributed by atoms with Crippen LogP contribution in [0, 0.1) is 0 Å². The maximum absolute atomic E-state index is 10.9. The first kappa shape index (κ1) is 14.8. The zero-order valence-corrected chi connectivity index (χ0v) is 12.7. The molecule has 1 aliphatic rings. The Morgan fingerprint density at radius 2 is 2.05 bits per heavy atom. The van der Waals surface area contributed by atoms with Crippen molar-refractivity contribution in [1.29, 1.82) is 0 Å². The van der Waals surface area contributed by atoms with Gasteiger partial charge in [-0.2, -0.15) is 5.10 Å². The lowest BCUT2D eigenvalue weighted by Gasteiger charge is -2.15. The highest BCUT2D eigenvalue weighted by atomic mass is 16.4. The molecule has 0 radical (unpaired) electrons. The number of H-pyrrole nitrogens is 1. The molecule has 2 heterocycles. The van der Waals surface area contributed by atoms with Crippen LogP contribution in [0.1, 0.15) is 41.2 Å². The van der Waals surface area contributed by atoms with E-state index in [0.29, 0.717) is 11.6 Å². The van der Waals surface area contributed by atoms with Crippen molar-refractivity contribution in [2.24, 2.45) is 0 Å². The lowest BCUT2D eigenvalue weighted by atomic mass is 9.91. The Morgan fingerprint density at radius 1 is 1.27 bits per heavy atom. The van der Waals surface area contributed by atoms with Crippen molar-refractivity contribution in [2.75, 3.05) is 20.1 Å². The smallest absolute Gasteiger partial charge is 0.353 e. The van der Waals surface area contributed by atoms with Crippen LogP contribution in [0.3, 0.4) is 0 Å². The Morgan fingerprint density at radius 3 is 2.73 bits per heavy atom. The molecule has 116 valence electrons. The topological polar surface area (TPSA) is 69.2 Å². The highest BCUT2D eigenvalue weighted by Crippen LogP contribution is 2.29. The third-order valence-electron chi connectivity index (χ3n) is 4.44. The molecule has 1 aromatic carbocycles. The van der Waals surface area contributed by atoms with Gasteiger partial charge in [-0.15, -0.1) is 0 Å². The van der Waals surface area contributed by atoms with Crippen molar-refractivity contribution < 1.29 is 9.90 Å². The van der Waals surface area contributed by atoms with Crippen LogP contribution in [0.4, 0.5) is 0 Å². The fourth-order valence-electron chi connectivity index (χ4n) is 3.08. The van der Waals surface area contributed by atoms with Gasteiger partial charge in [0.2, 0.25) is 0 Å². The third kappa shape index (κ3) is 3.20. The SMILES string of the molecule is CN1CCCC(c2ccc(-c3cc(C(=O)O)[nH]n3)cc2)CC1. The fraction of sp³-hybridized carbons (Fsp3) is 0.412. The number of hydrogen-bond donors (Lipinski definition) is 2. The van der Waals surface area contributed by atoms with Gasteiger partial charge in [-0.25, -0.2) is 4.79 Å². The predicted octanol–water partition coefficient (Wildman–Crippen LogP) is 2.97. The van der Waals surface area contributed by atoms with E-state index in [2.05, 4.69) is 34.3 Å². The van der Waals surface area contributed by atoms with E-state index in [-0.39, 0.29) is 5.69 Å². The molecule has 0 bridgehead atoms. The van der Waals surface area contributed by atoms with Gasteiger partial charge in [0.15, 0.2) is 0 Å². The van der Waals surface area contributed by atoms with Crippen molar-refractivity contribution in [3.8, 4) is 11.3 Å². The molecule has 0 amide bonds. The van der Waals surface area contributed by atoms with Crippen LogP contribution in [0.15, 0.2) is 30.3 Å². The van der Waals surface area contributed by atoms with E-state index in [0.717, 1.165) is 12.1 Å².